The van der Waals surface area contributed by atoms with Gasteiger partial charge in [-0.05, 0) is 12.5 Å². The Balaban J connectivity index is 1.68. The summed E-state index contributed by atoms with van der Waals surface area (Å²) in [4.78, 5) is 39.7. The van der Waals surface area contributed by atoms with E-state index >= 15 is 0 Å². The monoisotopic (exact) mass is 331 g/mol. The Labute approximate surface area is 140 Å². The van der Waals surface area contributed by atoms with Crippen LogP contribution in [0.2, 0.25) is 0 Å². The number of nitrogens with zero attached hydrogens (tertiary/aromatic N) is 2. The molecule has 0 bridgehead atoms. The second-order valence-electron chi connectivity index (χ2n) is 6.30. The molecule has 24 heavy (non-hydrogen) atoms. The molecule has 1 N–H and O–H groups in total. The molecule has 2 atom stereocenters. The number of likely N-dealkylation sites (N-methyl/N-ethyl adjacent to an activating group) is 1. The minimum Gasteiger partial charge on any atom is -0.378 e. The lowest BCUT2D eigenvalue weighted by Crippen LogP contribution is -2.48. The van der Waals surface area contributed by atoms with Crippen molar-refractivity contribution in [3.05, 3.63) is 35.9 Å². The van der Waals surface area contributed by atoms with Crippen molar-refractivity contribution in [2.24, 2.45) is 0 Å². The van der Waals surface area contributed by atoms with E-state index in [1.165, 1.54) is 0 Å². The fourth-order valence-electron chi connectivity index (χ4n) is 3.07. The molecule has 0 unspecified atom stereocenters. The van der Waals surface area contributed by atoms with Gasteiger partial charge in [0.15, 0.2) is 0 Å². The third-order valence-corrected chi connectivity index (χ3v) is 4.82. The number of ether oxygens (including phenoxy) is 1. The summed E-state index contributed by atoms with van der Waals surface area (Å²) in [5.74, 6) is -0.662. The predicted octanol–water partition coefficient (Wildman–Crippen LogP) is 0.917. The number of urea groups is 1. The van der Waals surface area contributed by atoms with E-state index in [4.69, 9.17) is 4.74 Å². The summed E-state index contributed by atoms with van der Waals surface area (Å²) >= 11 is 0. The van der Waals surface area contributed by atoms with Gasteiger partial charge in [0.05, 0.1) is 12.6 Å². The third-order valence-electron chi connectivity index (χ3n) is 4.82. The van der Waals surface area contributed by atoms with Gasteiger partial charge in [0.25, 0.3) is 5.91 Å². The zero-order valence-electron chi connectivity index (χ0n) is 13.8. The third kappa shape index (κ3) is 2.75. The Kier molecular flexibility index (Phi) is 4.28. The van der Waals surface area contributed by atoms with Crippen LogP contribution in [0.4, 0.5) is 4.79 Å². The highest BCUT2D eigenvalue weighted by molar-refractivity contribution is 6.09. The molecule has 7 nitrogen and oxygen atoms in total. The molecule has 0 aromatic heterocycles. The van der Waals surface area contributed by atoms with Gasteiger partial charge in [0.1, 0.15) is 12.1 Å². The van der Waals surface area contributed by atoms with Crippen molar-refractivity contribution in [1.29, 1.82) is 0 Å². The van der Waals surface area contributed by atoms with E-state index in [9.17, 15) is 14.4 Å². The highest BCUT2D eigenvalue weighted by Gasteiger charge is 2.53. The predicted molar refractivity (Wildman–Crippen MR) is 86.0 cm³/mol. The van der Waals surface area contributed by atoms with Crippen LogP contribution in [0, 0.1) is 0 Å². The first kappa shape index (κ1) is 16.4. The van der Waals surface area contributed by atoms with Crippen LogP contribution in [0.5, 0.6) is 0 Å². The molecule has 2 aliphatic heterocycles. The molecule has 4 amide bonds. The van der Waals surface area contributed by atoms with Crippen molar-refractivity contribution < 1.29 is 19.1 Å². The Bertz CT molecular complexity index is 655. The largest absolute Gasteiger partial charge is 0.378 e. The molecule has 128 valence electrons. The van der Waals surface area contributed by atoms with Crippen molar-refractivity contribution in [3.8, 4) is 0 Å². The van der Waals surface area contributed by atoms with E-state index in [1.54, 1.807) is 11.9 Å². The quantitative estimate of drug-likeness (QED) is 0.832. The van der Waals surface area contributed by atoms with Gasteiger partial charge in [-0.15, -0.1) is 0 Å². The average molecular weight is 331 g/mol. The van der Waals surface area contributed by atoms with Crippen LogP contribution in [-0.4, -0.2) is 60.0 Å². The van der Waals surface area contributed by atoms with Gasteiger partial charge in [0, 0.05) is 20.1 Å². The summed E-state index contributed by atoms with van der Waals surface area (Å²) in [5, 5.41) is 2.68. The Morgan fingerprint density at radius 3 is 2.71 bits per heavy atom. The molecule has 2 fully saturated rings. The molecule has 2 aliphatic rings. The average Bonchev–Trinajstić information content (AvgIpc) is 3.15. The lowest BCUT2D eigenvalue weighted by molar-refractivity contribution is -0.139. The summed E-state index contributed by atoms with van der Waals surface area (Å²) in [6.45, 7) is 2.24. The molecule has 2 saturated heterocycles. The number of benzene rings is 1. The lowest BCUT2D eigenvalue weighted by atomic mass is 9.99. The van der Waals surface area contributed by atoms with Crippen molar-refractivity contribution in [1.82, 2.24) is 15.1 Å². The van der Waals surface area contributed by atoms with Crippen LogP contribution in [0.1, 0.15) is 24.9 Å². The molecule has 7 heteroatoms. The maximum atomic E-state index is 12.5. The molecule has 0 aliphatic carbocycles. The SMILES string of the molecule is C[C@@H](c1ccccc1)N(C)C(=O)CN1C(=O)N[C@@]2(CCOC2)C1=O. The van der Waals surface area contributed by atoms with Crippen LogP contribution in [-0.2, 0) is 14.3 Å². The first-order valence-electron chi connectivity index (χ1n) is 7.97. The molecule has 0 radical (unpaired) electrons. The number of hydrogen-bond acceptors (Lipinski definition) is 4. The standard InChI is InChI=1S/C17H21N3O4/c1-12(13-6-4-3-5-7-13)19(2)14(21)10-20-15(22)17(18-16(20)23)8-9-24-11-17/h3-7,12H,8-11H2,1-2H3,(H,18,23)/t12-,17+/m0/s1. The molecule has 3 rings (SSSR count). The topological polar surface area (TPSA) is 79.0 Å². The number of rotatable bonds is 4. The van der Waals surface area contributed by atoms with Crippen LogP contribution in [0.15, 0.2) is 30.3 Å². The summed E-state index contributed by atoms with van der Waals surface area (Å²) < 4.78 is 5.24. The molecular formula is C17H21N3O4. The van der Waals surface area contributed by atoms with Crippen LogP contribution < -0.4 is 5.32 Å². The van der Waals surface area contributed by atoms with E-state index in [1.807, 2.05) is 37.3 Å². The van der Waals surface area contributed by atoms with Gasteiger partial charge in [-0.2, -0.15) is 0 Å². The van der Waals surface area contributed by atoms with E-state index in [2.05, 4.69) is 5.32 Å². The van der Waals surface area contributed by atoms with Crippen molar-refractivity contribution in [2.75, 3.05) is 26.8 Å². The number of carbonyl (C=O) groups excluding carboxylic acids is 3. The zero-order valence-corrected chi connectivity index (χ0v) is 13.8. The fourth-order valence-corrected chi connectivity index (χ4v) is 3.07. The maximum absolute atomic E-state index is 12.5. The Morgan fingerprint density at radius 2 is 2.08 bits per heavy atom. The van der Waals surface area contributed by atoms with Crippen molar-refractivity contribution in [2.45, 2.75) is 24.9 Å². The fraction of sp³-hybridized carbons (Fsp3) is 0.471. The second kappa shape index (κ2) is 6.24. The molecule has 1 aromatic carbocycles. The van der Waals surface area contributed by atoms with Crippen molar-refractivity contribution >= 4 is 17.8 Å². The van der Waals surface area contributed by atoms with Gasteiger partial charge in [-0.3, -0.25) is 14.5 Å². The van der Waals surface area contributed by atoms with E-state index < -0.39 is 11.6 Å². The molecule has 1 spiro atoms. The summed E-state index contributed by atoms with van der Waals surface area (Å²) in [7, 11) is 1.67. The van der Waals surface area contributed by atoms with Gasteiger partial charge in [-0.25, -0.2) is 4.79 Å². The summed E-state index contributed by atoms with van der Waals surface area (Å²) in [6, 6.07) is 8.92. The lowest BCUT2D eigenvalue weighted by Gasteiger charge is -2.27. The maximum Gasteiger partial charge on any atom is 0.325 e. The second-order valence-corrected chi connectivity index (χ2v) is 6.30. The van der Waals surface area contributed by atoms with Gasteiger partial charge in [0.2, 0.25) is 5.91 Å². The van der Waals surface area contributed by atoms with Gasteiger partial charge >= 0.3 is 6.03 Å². The van der Waals surface area contributed by atoms with E-state index in [0.29, 0.717) is 13.0 Å². The van der Waals surface area contributed by atoms with Crippen LogP contribution in [0.25, 0.3) is 0 Å². The number of nitrogens with one attached hydrogen (secondary N) is 1. The minimum atomic E-state index is -0.985. The van der Waals surface area contributed by atoms with Gasteiger partial charge in [-0.1, -0.05) is 30.3 Å². The Hall–Kier alpha value is -2.41. The van der Waals surface area contributed by atoms with Crippen LogP contribution >= 0.6 is 0 Å². The number of hydrogen-bond donors (Lipinski definition) is 1. The number of amides is 4. The van der Waals surface area contributed by atoms with Gasteiger partial charge < -0.3 is 15.0 Å². The summed E-state index contributed by atoms with van der Waals surface area (Å²) in [6.07, 6.45) is 0.443. The normalized spacial score (nSPS) is 24.3. The van der Waals surface area contributed by atoms with E-state index in [0.717, 1.165) is 10.5 Å². The highest BCUT2D eigenvalue weighted by Crippen LogP contribution is 2.27. The highest BCUT2D eigenvalue weighted by atomic mass is 16.5. The van der Waals surface area contributed by atoms with E-state index in [-0.39, 0.29) is 31.0 Å². The molecule has 2 heterocycles. The molecule has 0 saturated carbocycles. The van der Waals surface area contributed by atoms with Crippen LogP contribution in [0.3, 0.4) is 0 Å². The number of carbonyl (C=O) groups is 3. The number of imide groups is 1. The first-order chi connectivity index (χ1) is 11.4. The van der Waals surface area contributed by atoms with Crippen molar-refractivity contribution in [3.63, 3.8) is 0 Å². The summed E-state index contributed by atoms with van der Waals surface area (Å²) in [5.41, 5.74) is 0.00673. The molecule has 1 aromatic rings. The smallest absolute Gasteiger partial charge is 0.325 e. The Morgan fingerprint density at radius 1 is 1.38 bits per heavy atom. The first-order valence-corrected chi connectivity index (χ1v) is 7.97. The molecular weight excluding hydrogens is 310 g/mol. The minimum absolute atomic E-state index is 0.150. The zero-order chi connectivity index (χ0) is 17.3.